The normalized spacial score (nSPS) is 12.3. The molecule has 0 aliphatic carbocycles. The Morgan fingerprint density at radius 2 is 1.85 bits per heavy atom. The van der Waals surface area contributed by atoms with Crippen LogP contribution in [0.4, 0.5) is 18.9 Å². The smallest absolute Gasteiger partial charge is 0.461 e. The van der Waals surface area contributed by atoms with Gasteiger partial charge in [-0.15, -0.1) is 13.2 Å². The van der Waals surface area contributed by atoms with E-state index in [0.717, 1.165) is 16.7 Å². The number of alkyl halides is 3. The van der Waals surface area contributed by atoms with Crippen LogP contribution in [0, 0.1) is 0 Å². The Balaban J connectivity index is 1.53. The summed E-state index contributed by atoms with van der Waals surface area (Å²) in [4.78, 5) is 4.18. The van der Waals surface area contributed by atoms with Crippen molar-refractivity contribution >= 4 is 22.6 Å². The lowest BCUT2D eigenvalue weighted by Crippen LogP contribution is -2.23. The van der Waals surface area contributed by atoms with Crippen molar-refractivity contribution < 1.29 is 22.3 Å². The van der Waals surface area contributed by atoms with Gasteiger partial charge < -0.3 is 20.2 Å². The fourth-order valence-electron chi connectivity index (χ4n) is 2.37. The highest BCUT2D eigenvalue weighted by molar-refractivity contribution is 5.92. The molecule has 0 unspecified atom stereocenters. The van der Waals surface area contributed by atoms with Crippen LogP contribution in [0.25, 0.3) is 11.0 Å². The molecule has 26 heavy (non-hydrogen) atoms. The predicted octanol–water partition coefficient (Wildman–Crippen LogP) is 4.30. The fraction of sp³-hybridized carbons (Fsp3) is 0.167. The molecule has 0 aliphatic rings. The Kier molecular flexibility index (Phi) is 5.01. The van der Waals surface area contributed by atoms with Crippen LogP contribution in [0.5, 0.6) is 5.75 Å². The van der Waals surface area contributed by atoms with E-state index in [0.29, 0.717) is 18.7 Å². The van der Waals surface area contributed by atoms with Crippen molar-refractivity contribution in [3.63, 3.8) is 0 Å². The number of furan rings is 1. The van der Waals surface area contributed by atoms with Gasteiger partial charge in [0.05, 0.1) is 0 Å². The molecule has 0 amide bonds. The molecule has 1 heterocycles. The minimum Gasteiger partial charge on any atom is -0.461 e. The Bertz CT molecular complexity index is 869. The van der Waals surface area contributed by atoms with E-state index in [9.17, 15) is 13.2 Å². The van der Waals surface area contributed by atoms with E-state index in [4.69, 9.17) is 10.2 Å². The zero-order valence-electron chi connectivity index (χ0n) is 13.6. The second kappa shape index (κ2) is 7.38. The van der Waals surface area contributed by atoms with Crippen molar-refractivity contribution in [3.8, 4) is 5.75 Å². The van der Waals surface area contributed by atoms with Gasteiger partial charge in [0.15, 0.2) is 5.96 Å². The number of anilines is 1. The maximum Gasteiger partial charge on any atom is 0.573 e. The van der Waals surface area contributed by atoms with Crippen molar-refractivity contribution in [3.05, 3.63) is 60.4 Å². The number of benzene rings is 2. The summed E-state index contributed by atoms with van der Waals surface area (Å²) in [5.74, 6) is 0.658. The Morgan fingerprint density at radius 1 is 1.12 bits per heavy atom. The number of halogens is 3. The minimum atomic E-state index is -4.72. The zero-order valence-corrected chi connectivity index (χ0v) is 13.6. The number of nitrogens with two attached hydrogens (primary N) is 1. The first kappa shape index (κ1) is 17.7. The number of nitrogens with one attached hydrogen (secondary N) is 1. The average molecular weight is 363 g/mol. The van der Waals surface area contributed by atoms with Gasteiger partial charge >= 0.3 is 6.36 Å². The van der Waals surface area contributed by atoms with Crippen LogP contribution in [0.3, 0.4) is 0 Å². The molecule has 0 saturated carbocycles. The highest BCUT2D eigenvalue weighted by Crippen LogP contribution is 2.24. The Morgan fingerprint density at radius 3 is 2.54 bits per heavy atom. The van der Waals surface area contributed by atoms with Crippen molar-refractivity contribution in [2.24, 2.45) is 10.7 Å². The summed E-state index contributed by atoms with van der Waals surface area (Å²) in [6.07, 6.45) is -4.14. The molecule has 0 fully saturated rings. The molecule has 3 rings (SSSR count). The third-order valence-corrected chi connectivity index (χ3v) is 3.48. The van der Waals surface area contributed by atoms with Gasteiger partial charge in [0, 0.05) is 24.0 Å². The van der Waals surface area contributed by atoms with Crippen molar-refractivity contribution in [2.75, 3.05) is 11.9 Å². The number of hydrogen-bond acceptors (Lipinski definition) is 3. The van der Waals surface area contributed by atoms with E-state index in [1.807, 2.05) is 30.3 Å². The van der Waals surface area contributed by atoms with Gasteiger partial charge in [0.25, 0.3) is 0 Å². The molecule has 3 aromatic rings. The number of fused-ring (bicyclic) bond motifs is 1. The van der Waals surface area contributed by atoms with Crippen molar-refractivity contribution in [2.45, 2.75) is 12.8 Å². The molecule has 2 aromatic carbocycles. The van der Waals surface area contributed by atoms with Crippen LogP contribution in [-0.2, 0) is 6.42 Å². The maximum atomic E-state index is 12.1. The summed E-state index contributed by atoms with van der Waals surface area (Å²) in [6.45, 7) is 0.411. The lowest BCUT2D eigenvalue weighted by molar-refractivity contribution is -0.274. The number of ether oxygens (including phenoxy) is 1. The predicted molar refractivity (Wildman–Crippen MR) is 93.2 cm³/mol. The minimum absolute atomic E-state index is 0.158. The summed E-state index contributed by atoms with van der Waals surface area (Å²) < 4.78 is 45.8. The van der Waals surface area contributed by atoms with Gasteiger partial charge in [-0.2, -0.15) is 0 Å². The monoisotopic (exact) mass is 363 g/mol. The quantitative estimate of drug-likeness (QED) is 0.524. The van der Waals surface area contributed by atoms with Gasteiger partial charge in [0.1, 0.15) is 17.1 Å². The number of para-hydroxylation sites is 1. The van der Waals surface area contributed by atoms with E-state index in [-0.39, 0.29) is 11.7 Å². The van der Waals surface area contributed by atoms with Gasteiger partial charge in [0.2, 0.25) is 0 Å². The van der Waals surface area contributed by atoms with Crippen LogP contribution in [0.15, 0.2) is 64.0 Å². The summed E-state index contributed by atoms with van der Waals surface area (Å²) in [7, 11) is 0. The van der Waals surface area contributed by atoms with Crippen molar-refractivity contribution in [1.82, 2.24) is 0 Å². The first-order valence-electron chi connectivity index (χ1n) is 7.79. The SMILES string of the molecule is NC(=NCCc1cc2ccccc2o1)Nc1ccc(OC(F)(F)F)cc1. The molecule has 5 nitrogen and oxygen atoms in total. The van der Waals surface area contributed by atoms with E-state index >= 15 is 0 Å². The van der Waals surface area contributed by atoms with Crippen LogP contribution in [-0.4, -0.2) is 18.9 Å². The first-order valence-corrected chi connectivity index (χ1v) is 7.79. The van der Waals surface area contributed by atoms with E-state index in [2.05, 4.69) is 15.0 Å². The molecule has 1 aromatic heterocycles. The zero-order chi connectivity index (χ0) is 18.6. The Labute approximate surface area is 147 Å². The van der Waals surface area contributed by atoms with E-state index < -0.39 is 6.36 Å². The topological polar surface area (TPSA) is 72.8 Å². The largest absolute Gasteiger partial charge is 0.573 e. The lowest BCUT2D eigenvalue weighted by Gasteiger charge is -2.10. The summed E-state index contributed by atoms with van der Waals surface area (Å²) in [5.41, 5.74) is 7.10. The maximum absolute atomic E-state index is 12.1. The molecule has 3 N–H and O–H groups in total. The Hall–Kier alpha value is -3.16. The van der Waals surface area contributed by atoms with Crippen molar-refractivity contribution in [1.29, 1.82) is 0 Å². The number of hydrogen-bond donors (Lipinski definition) is 2. The summed E-state index contributed by atoms with van der Waals surface area (Å²) >= 11 is 0. The lowest BCUT2D eigenvalue weighted by atomic mass is 10.2. The second-order valence-electron chi connectivity index (χ2n) is 5.46. The standard InChI is InChI=1S/C18H16F3N3O2/c19-18(20,21)26-14-7-5-13(6-8-14)24-17(22)23-10-9-15-11-12-3-1-2-4-16(12)25-15/h1-8,11H,9-10H2,(H3,22,23,24). The molecular formula is C18H16F3N3O2. The third-order valence-electron chi connectivity index (χ3n) is 3.48. The molecule has 0 spiro atoms. The van der Waals surface area contributed by atoms with Gasteiger partial charge in [-0.05, 0) is 36.4 Å². The van der Waals surface area contributed by atoms with Gasteiger partial charge in [-0.25, -0.2) is 0 Å². The molecule has 0 saturated heterocycles. The van der Waals surface area contributed by atoms with E-state index in [1.165, 1.54) is 24.3 Å². The molecular weight excluding hydrogens is 347 g/mol. The summed E-state index contributed by atoms with van der Waals surface area (Å²) in [6, 6.07) is 14.9. The molecule has 8 heteroatoms. The van der Waals surface area contributed by atoms with E-state index in [1.54, 1.807) is 0 Å². The summed E-state index contributed by atoms with van der Waals surface area (Å²) in [5, 5.41) is 3.83. The van der Waals surface area contributed by atoms with Crippen LogP contribution in [0.2, 0.25) is 0 Å². The number of aliphatic imine (C=N–C) groups is 1. The fourth-order valence-corrected chi connectivity index (χ4v) is 2.37. The highest BCUT2D eigenvalue weighted by Gasteiger charge is 2.30. The van der Waals surface area contributed by atoms with Crippen LogP contribution >= 0.6 is 0 Å². The molecule has 0 atom stereocenters. The number of guanidine groups is 1. The number of rotatable bonds is 5. The third kappa shape index (κ3) is 4.92. The second-order valence-corrected chi connectivity index (χ2v) is 5.46. The molecule has 136 valence electrons. The van der Waals surface area contributed by atoms with Gasteiger partial charge in [-0.1, -0.05) is 18.2 Å². The van der Waals surface area contributed by atoms with Gasteiger partial charge in [-0.3, -0.25) is 4.99 Å². The average Bonchev–Trinajstić information content (AvgIpc) is 2.98. The highest BCUT2D eigenvalue weighted by atomic mass is 19.4. The number of nitrogens with zero attached hydrogens (tertiary/aromatic N) is 1. The first-order chi connectivity index (χ1) is 12.4. The molecule has 0 aliphatic heterocycles. The van der Waals surface area contributed by atoms with Crippen LogP contribution in [0.1, 0.15) is 5.76 Å². The molecule has 0 bridgehead atoms. The molecule has 0 radical (unpaired) electrons. The van der Waals surface area contributed by atoms with Crippen LogP contribution < -0.4 is 15.8 Å².